The highest BCUT2D eigenvalue weighted by molar-refractivity contribution is 5.92. The van der Waals surface area contributed by atoms with E-state index < -0.39 is 0 Å². The van der Waals surface area contributed by atoms with E-state index in [2.05, 4.69) is 343 Å². The van der Waals surface area contributed by atoms with Gasteiger partial charge in [-0.1, -0.05) is 259 Å². The van der Waals surface area contributed by atoms with Crippen LogP contribution >= 0.6 is 0 Å². The molecule has 4 fully saturated rings. The standard InChI is InChI=1S/C113H102N2/c1-7-109(8-2,85-41-45-87(46-42-85)114(105-53-37-77(65-73(105)3)81-33-49-93-89-25-9-13-29-97(89)110(101(93)69-81)57-17-18-58-110)106-54-38-78(66-74(106)4)82-34-50-94-90-26-10-14-30-98(90)111(102(94)70-82)59-19-20-60-111)86-43-47-88(48-44-86)115(107-55-39-79(67-75(107)5)83-35-51-95-91-27-11-15-31-99(91)112(103(95)71-83)61-21-22-62-112)108-56-40-80(68-76(108)6)84-36-52-96-92-28-12-16-32-100(92)113(104(96)72-84)63-23-24-64-113/h9-16,25-56,65-72H,7-8,17-24,57-64H2,1-6H3. The lowest BCUT2D eigenvalue weighted by Gasteiger charge is -2.35. The van der Waals surface area contributed by atoms with Crippen LogP contribution in [0.3, 0.4) is 0 Å². The molecular weight excluding hydrogens is 1390 g/mol. The molecule has 14 aromatic carbocycles. The van der Waals surface area contributed by atoms with Crippen molar-refractivity contribution in [3.8, 4) is 89.0 Å². The number of anilines is 6. The van der Waals surface area contributed by atoms with E-state index in [1.807, 2.05) is 0 Å². The quantitative estimate of drug-likeness (QED) is 0.107. The largest absolute Gasteiger partial charge is 0.310 e. The van der Waals surface area contributed by atoms with Crippen molar-refractivity contribution in [1.29, 1.82) is 0 Å². The van der Waals surface area contributed by atoms with E-state index in [-0.39, 0.29) is 27.1 Å². The Bertz CT molecular complexity index is 5560. The number of rotatable bonds is 14. The molecule has 0 radical (unpaired) electrons. The van der Waals surface area contributed by atoms with Crippen molar-refractivity contribution in [2.24, 2.45) is 0 Å². The Morgan fingerprint density at radius 3 is 0.661 bits per heavy atom. The molecule has 115 heavy (non-hydrogen) atoms. The van der Waals surface area contributed by atoms with Crippen molar-refractivity contribution in [3.63, 3.8) is 0 Å². The summed E-state index contributed by atoms with van der Waals surface area (Å²) in [6.45, 7) is 14.1. The van der Waals surface area contributed by atoms with Gasteiger partial charge in [0.25, 0.3) is 0 Å². The van der Waals surface area contributed by atoms with Gasteiger partial charge in [-0.3, -0.25) is 0 Å². The predicted octanol–water partition coefficient (Wildman–Crippen LogP) is 31.0. The average Bonchev–Trinajstić information content (AvgIpc) is 1.58. The van der Waals surface area contributed by atoms with Crippen molar-refractivity contribution in [1.82, 2.24) is 0 Å². The summed E-state index contributed by atoms with van der Waals surface area (Å²) in [6.07, 6.45) is 22.0. The third-order valence-corrected chi connectivity index (χ3v) is 30.5. The molecular formula is C113H102N2. The molecule has 4 saturated carbocycles. The lowest BCUT2D eigenvalue weighted by molar-refractivity contribution is 0.478. The summed E-state index contributed by atoms with van der Waals surface area (Å²) >= 11 is 0. The normalized spacial score (nSPS) is 16.7. The van der Waals surface area contributed by atoms with E-state index in [0.29, 0.717) is 0 Å². The minimum absolute atomic E-state index is 0.111. The molecule has 2 heteroatoms. The van der Waals surface area contributed by atoms with Gasteiger partial charge in [-0.2, -0.15) is 0 Å². The molecule has 0 aromatic heterocycles. The average molecular weight is 1490 g/mol. The Morgan fingerprint density at radius 2 is 0.435 bits per heavy atom. The van der Waals surface area contributed by atoms with E-state index in [4.69, 9.17) is 0 Å². The smallest absolute Gasteiger partial charge is 0.0491 e. The molecule has 0 unspecified atom stereocenters. The summed E-state index contributed by atoms with van der Waals surface area (Å²) in [5, 5.41) is 0. The molecule has 0 bridgehead atoms. The minimum Gasteiger partial charge on any atom is -0.310 e. The van der Waals surface area contributed by atoms with Crippen LogP contribution in [-0.2, 0) is 27.1 Å². The van der Waals surface area contributed by atoms with Crippen molar-refractivity contribution in [2.45, 2.75) is 184 Å². The fraction of sp³-hybridized carbons (Fsp3) is 0.257. The van der Waals surface area contributed by atoms with Crippen LogP contribution in [0.5, 0.6) is 0 Å². The second kappa shape index (κ2) is 26.9. The number of benzene rings is 14. The molecule has 0 N–H and O–H groups in total. The molecule has 564 valence electrons. The van der Waals surface area contributed by atoms with Crippen LogP contribution in [0.4, 0.5) is 34.1 Å². The topological polar surface area (TPSA) is 6.48 Å². The van der Waals surface area contributed by atoms with Crippen molar-refractivity contribution in [3.05, 3.63) is 369 Å². The zero-order chi connectivity index (χ0) is 77.1. The van der Waals surface area contributed by atoms with Crippen LogP contribution in [-0.4, -0.2) is 0 Å². The Labute approximate surface area is 681 Å². The molecule has 0 atom stereocenters. The molecule has 0 heterocycles. The van der Waals surface area contributed by atoms with Gasteiger partial charge in [0.05, 0.1) is 0 Å². The minimum atomic E-state index is -0.248. The molecule has 8 aliphatic carbocycles. The number of hydrogen-bond donors (Lipinski definition) is 0. The van der Waals surface area contributed by atoms with E-state index in [1.54, 1.807) is 0 Å². The third-order valence-electron chi connectivity index (χ3n) is 30.5. The van der Waals surface area contributed by atoms with Gasteiger partial charge in [0.2, 0.25) is 0 Å². The van der Waals surface area contributed by atoms with Crippen molar-refractivity contribution >= 4 is 34.1 Å². The zero-order valence-electron chi connectivity index (χ0n) is 67.8. The van der Waals surface area contributed by atoms with Crippen LogP contribution in [0.25, 0.3) is 89.0 Å². The second-order valence-corrected chi connectivity index (χ2v) is 35.9. The first-order valence-corrected chi connectivity index (χ1v) is 43.6. The molecule has 8 aliphatic rings. The SMILES string of the molecule is CCC(CC)(c1ccc(N(c2ccc(-c3ccc4c(c3)C3(CCCC3)c3ccccc3-4)cc2C)c2ccc(-c3ccc4c(c3)C3(CCCC3)c3ccccc3-4)cc2C)cc1)c1ccc(N(c2ccc(-c3ccc4c(c3)C3(CCCC3)c3ccccc3-4)cc2C)c2ccc(-c3ccc4c(c3)C3(CCCC3)c3ccccc3-4)cc2C)cc1. The summed E-state index contributed by atoms with van der Waals surface area (Å²) in [5.41, 5.74) is 48.9. The van der Waals surface area contributed by atoms with Gasteiger partial charge >= 0.3 is 0 Å². The van der Waals surface area contributed by atoms with Crippen LogP contribution in [0.15, 0.2) is 291 Å². The molecule has 14 aromatic rings. The number of fused-ring (bicyclic) bond motifs is 20. The Hall–Kier alpha value is -11.3. The maximum atomic E-state index is 2.56. The maximum Gasteiger partial charge on any atom is 0.0491 e. The molecule has 0 amide bonds. The summed E-state index contributed by atoms with van der Waals surface area (Å²) in [5.74, 6) is 0. The third kappa shape index (κ3) is 10.5. The number of nitrogens with zero attached hydrogens (tertiary/aromatic N) is 2. The number of aryl methyl sites for hydroxylation is 4. The zero-order valence-corrected chi connectivity index (χ0v) is 67.8. The van der Waals surface area contributed by atoms with Crippen LogP contribution in [0, 0.1) is 27.7 Å². The van der Waals surface area contributed by atoms with Crippen LogP contribution in [0.1, 0.15) is 207 Å². The van der Waals surface area contributed by atoms with Crippen LogP contribution < -0.4 is 9.80 Å². The highest BCUT2D eigenvalue weighted by atomic mass is 15.2. The highest BCUT2D eigenvalue weighted by Gasteiger charge is 2.49. The van der Waals surface area contributed by atoms with Gasteiger partial charge in [-0.05, 0) is 356 Å². The van der Waals surface area contributed by atoms with E-state index in [0.717, 1.165) is 24.2 Å². The molecule has 0 aliphatic heterocycles. The first kappa shape index (κ1) is 70.3. The van der Waals surface area contributed by atoms with E-state index in [9.17, 15) is 0 Å². The maximum absolute atomic E-state index is 2.56. The van der Waals surface area contributed by atoms with E-state index >= 15 is 0 Å². The first-order chi connectivity index (χ1) is 56.4. The van der Waals surface area contributed by atoms with Gasteiger partial charge < -0.3 is 9.80 Å². The number of hydrogen-bond acceptors (Lipinski definition) is 2. The van der Waals surface area contributed by atoms with Crippen molar-refractivity contribution < 1.29 is 0 Å². The highest BCUT2D eigenvalue weighted by Crippen LogP contribution is 2.63. The van der Waals surface area contributed by atoms with Gasteiger partial charge in [-0.15, -0.1) is 0 Å². The van der Waals surface area contributed by atoms with Gasteiger partial charge in [0.1, 0.15) is 0 Å². The Kier molecular flexibility index (Phi) is 16.4. The molecule has 0 saturated heterocycles. The van der Waals surface area contributed by atoms with Gasteiger partial charge in [-0.25, -0.2) is 0 Å². The van der Waals surface area contributed by atoms with Crippen LogP contribution in [0.2, 0.25) is 0 Å². The van der Waals surface area contributed by atoms with E-state index in [1.165, 1.54) is 292 Å². The molecule has 4 spiro atoms. The molecule has 22 rings (SSSR count). The molecule has 2 nitrogen and oxygen atoms in total. The van der Waals surface area contributed by atoms with Gasteiger partial charge in [0, 0.05) is 61.2 Å². The monoisotopic (exact) mass is 1490 g/mol. The van der Waals surface area contributed by atoms with Crippen molar-refractivity contribution in [2.75, 3.05) is 9.80 Å². The summed E-state index contributed by atoms with van der Waals surface area (Å²) in [6, 6.07) is 115. The fourth-order valence-corrected chi connectivity index (χ4v) is 24.9. The van der Waals surface area contributed by atoms with Gasteiger partial charge in [0.15, 0.2) is 0 Å². The Balaban J connectivity index is 0.621. The summed E-state index contributed by atoms with van der Waals surface area (Å²) in [4.78, 5) is 5.11. The Morgan fingerprint density at radius 1 is 0.226 bits per heavy atom. The summed E-state index contributed by atoms with van der Waals surface area (Å²) in [7, 11) is 0. The summed E-state index contributed by atoms with van der Waals surface area (Å²) < 4.78 is 0. The lowest BCUT2D eigenvalue weighted by atomic mass is 9.70. The second-order valence-electron chi connectivity index (χ2n) is 35.9. The fourth-order valence-electron chi connectivity index (χ4n) is 24.9. The predicted molar refractivity (Wildman–Crippen MR) is 483 cm³/mol. The lowest BCUT2D eigenvalue weighted by Crippen LogP contribution is -2.26. The first-order valence-electron chi connectivity index (χ1n) is 43.6.